The van der Waals surface area contributed by atoms with Crippen LogP contribution in [0.3, 0.4) is 0 Å². The summed E-state index contributed by atoms with van der Waals surface area (Å²) in [6.45, 7) is 4.06. The third-order valence-electron chi connectivity index (χ3n) is 4.31. The summed E-state index contributed by atoms with van der Waals surface area (Å²) in [5, 5.41) is 22.0. The van der Waals surface area contributed by atoms with Crippen LogP contribution in [-0.2, 0) is 0 Å². The summed E-state index contributed by atoms with van der Waals surface area (Å²) in [6, 6.07) is 16.0. The largest absolute Gasteiger partial charge is 0.450 e. The lowest BCUT2D eigenvalue weighted by Crippen LogP contribution is -1.96. The molecule has 0 heterocycles. The number of nitrogens with zero attached hydrogens (tertiary/aromatic N) is 3. The van der Waals surface area contributed by atoms with Crippen molar-refractivity contribution < 1.29 is 14.6 Å². The molecule has 0 radical (unpaired) electrons. The Labute approximate surface area is 166 Å². The molecule has 0 spiro atoms. The van der Waals surface area contributed by atoms with Gasteiger partial charge in [-0.2, -0.15) is 0 Å². The molecule has 0 amide bonds. The van der Waals surface area contributed by atoms with Gasteiger partial charge in [-0.3, -0.25) is 25.2 Å². The highest BCUT2D eigenvalue weighted by Gasteiger charge is 2.21. The minimum absolute atomic E-state index is 0.0721. The van der Waals surface area contributed by atoms with Gasteiger partial charge in [0.25, 0.3) is 5.69 Å². The first-order chi connectivity index (χ1) is 13.8. The number of aryl methyl sites for hydroxylation is 2. The zero-order chi connectivity index (χ0) is 21.0. The quantitative estimate of drug-likeness (QED) is 0.306. The maximum atomic E-state index is 11.2. The summed E-state index contributed by atoms with van der Waals surface area (Å²) >= 11 is 0. The SMILES string of the molecule is Cc1ccc(N=Cc2ccc(Oc3ccc([N+](=O)[O-])cc3[N+](=O)[O-])cc2)cc1C. The predicted molar refractivity (Wildman–Crippen MR) is 109 cm³/mol. The molecule has 8 nitrogen and oxygen atoms in total. The monoisotopic (exact) mass is 391 g/mol. The Bertz CT molecular complexity index is 1110. The van der Waals surface area contributed by atoms with Gasteiger partial charge < -0.3 is 4.74 Å². The lowest BCUT2D eigenvalue weighted by molar-refractivity contribution is -0.394. The summed E-state index contributed by atoms with van der Waals surface area (Å²) in [6.07, 6.45) is 1.71. The number of nitro benzene ring substituents is 2. The van der Waals surface area contributed by atoms with Gasteiger partial charge >= 0.3 is 5.69 Å². The Morgan fingerprint density at radius 1 is 0.862 bits per heavy atom. The smallest absolute Gasteiger partial charge is 0.318 e. The average molecular weight is 391 g/mol. The zero-order valence-electron chi connectivity index (χ0n) is 15.7. The number of ether oxygens (including phenoxy) is 1. The van der Waals surface area contributed by atoms with Gasteiger partial charge in [-0.1, -0.05) is 6.07 Å². The van der Waals surface area contributed by atoms with Gasteiger partial charge in [0, 0.05) is 12.3 Å². The summed E-state index contributed by atoms with van der Waals surface area (Å²) in [5.74, 6) is 0.294. The van der Waals surface area contributed by atoms with E-state index in [2.05, 4.69) is 4.99 Å². The third-order valence-corrected chi connectivity index (χ3v) is 4.31. The molecule has 0 aliphatic rings. The van der Waals surface area contributed by atoms with E-state index in [1.165, 1.54) is 11.6 Å². The Morgan fingerprint density at radius 2 is 1.59 bits per heavy atom. The van der Waals surface area contributed by atoms with Crippen LogP contribution in [0.5, 0.6) is 11.5 Å². The van der Waals surface area contributed by atoms with Gasteiger partial charge in [0.15, 0.2) is 0 Å². The molecule has 0 atom stereocenters. The minimum Gasteiger partial charge on any atom is -0.450 e. The van der Waals surface area contributed by atoms with Crippen LogP contribution in [0.1, 0.15) is 16.7 Å². The van der Waals surface area contributed by atoms with E-state index in [9.17, 15) is 20.2 Å². The van der Waals surface area contributed by atoms with Gasteiger partial charge in [-0.05, 0) is 73.0 Å². The van der Waals surface area contributed by atoms with Crippen molar-refractivity contribution in [3.8, 4) is 11.5 Å². The summed E-state index contributed by atoms with van der Waals surface area (Å²) in [4.78, 5) is 25.0. The fourth-order valence-electron chi connectivity index (χ4n) is 2.55. The topological polar surface area (TPSA) is 108 Å². The average Bonchev–Trinajstić information content (AvgIpc) is 2.70. The molecule has 29 heavy (non-hydrogen) atoms. The van der Waals surface area contributed by atoms with Crippen LogP contribution in [0.4, 0.5) is 17.1 Å². The third kappa shape index (κ3) is 4.81. The number of non-ortho nitro benzene ring substituents is 1. The fourth-order valence-corrected chi connectivity index (χ4v) is 2.55. The second-order valence-corrected chi connectivity index (χ2v) is 6.36. The number of hydrogen-bond acceptors (Lipinski definition) is 6. The summed E-state index contributed by atoms with van der Waals surface area (Å²) in [5.41, 5.74) is 3.18. The van der Waals surface area contributed by atoms with E-state index in [0.29, 0.717) is 5.75 Å². The molecule has 0 aliphatic carbocycles. The maximum Gasteiger partial charge on any atom is 0.318 e. The molecule has 0 fully saturated rings. The number of rotatable bonds is 6. The molecule has 0 bridgehead atoms. The van der Waals surface area contributed by atoms with Crippen LogP contribution < -0.4 is 4.74 Å². The van der Waals surface area contributed by atoms with Crippen LogP contribution >= 0.6 is 0 Å². The van der Waals surface area contributed by atoms with Crippen LogP contribution in [0.2, 0.25) is 0 Å². The molecule has 3 aromatic carbocycles. The lowest BCUT2D eigenvalue weighted by atomic mass is 10.1. The molecule has 0 saturated carbocycles. The molecule has 3 rings (SSSR count). The molecule has 8 heteroatoms. The second kappa shape index (κ2) is 8.30. The normalized spacial score (nSPS) is 10.8. The fraction of sp³-hybridized carbons (Fsp3) is 0.0952. The van der Waals surface area contributed by atoms with Crippen molar-refractivity contribution in [2.75, 3.05) is 0 Å². The Balaban J connectivity index is 1.77. The van der Waals surface area contributed by atoms with Crippen LogP contribution in [0.15, 0.2) is 65.7 Å². The van der Waals surface area contributed by atoms with Crippen molar-refractivity contribution in [3.63, 3.8) is 0 Å². The molecule has 146 valence electrons. The van der Waals surface area contributed by atoms with Crippen LogP contribution in [0.25, 0.3) is 0 Å². The number of hydrogen-bond donors (Lipinski definition) is 0. The molecule has 0 unspecified atom stereocenters. The molecule has 0 N–H and O–H groups in total. The van der Waals surface area contributed by atoms with E-state index in [4.69, 9.17) is 4.74 Å². The van der Waals surface area contributed by atoms with Gasteiger partial charge in [0.1, 0.15) is 5.75 Å². The Kier molecular flexibility index (Phi) is 5.64. The number of benzene rings is 3. The minimum atomic E-state index is -0.715. The predicted octanol–water partition coefficient (Wildman–Crippen LogP) is 5.66. The molecule has 3 aromatic rings. The van der Waals surface area contributed by atoms with Crippen molar-refractivity contribution in [2.45, 2.75) is 13.8 Å². The highest BCUT2D eigenvalue weighted by Crippen LogP contribution is 2.34. The first-order valence-electron chi connectivity index (χ1n) is 8.65. The second-order valence-electron chi connectivity index (χ2n) is 6.36. The molecular formula is C21H17N3O5. The molecular weight excluding hydrogens is 374 g/mol. The van der Waals surface area contributed by atoms with E-state index < -0.39 is 15.5 Å². The zero-order valence-corrected chi connectivity index (χ0v) is 15.7. The molecule has 0 saturated heterocycles. The van der Waals surface area contributed by atoms with Crippen LogP contribution in [0, 0.1) is 34.1 Å². The van der Waals surface area contributed by atoms with Gasteiger partial charge in [0.2, 0.25) is 5.75 Å². The van der Waals surface area contributed by atoms with E-state index in [1.54, 1.807) is 30.5 Å². The Morgan fingerprint density at radius 3 is 2.21 bits per heavy atom. The summed E-state index contributed by atoms with van der Waals surface area (Å²) in [7, 11) is 0. The van der Waals surface area contributed by atoms with E-state index in [-0.39, 0.29) is 11.4 Å². The molecule has 0 aromatic heterocycles. The number of nitro groups is 2. The van der Waals surface area contributed by atoms with Crippen molar-refractivity contribution >= 4 is 23.3 Å². The Hall–Kier alpha value is -4.07. The van der Waals surface area contributed by atoms with Crippen molar-refractivity contribution in [2.24, 2.45) is 4.99 Å². The standard InChI is InChI=1S/C21H17N3O5/c1-14-3-6-17(11-15(14)2)22-13-16-4-8-19(9-5-16)29-21-10-7-18(23(25)26)12-20(21)24(27)28/h3-13H,1-2H3. The van der Waals surface area contributed by atoms with Crippen LogP contribution in [-0.4, -0.2) is 16.1 Å². The molecule has 0 aliphatic heterocycles. The van der Waals surface area contributed by atoms with Gasteiger partial charge in [0.05, 0.1) is 21.6 Å². The van der Waals surface area contributed by atoms with Gasteiger partial charge in [-0.25, -0.2) is 0 Å². The summed E-state index contributed by atoms with van der Waals surface area (Å²) < 4.78 is 5.54. The first kappa shape index (κ1) is 19.7. The van der Waals surface area contributed by atoms with E-state index in [1.807, 2.05) is 32.0 Å². The first-order valence-corrected chi connectivity index (χ1v) is 8.65. The van der Waals surface area contributed by atoms with Crippen molar-refractivity contribution in [1.82, 2.24) is 0 Å². The van der Waals surface area contributed by atoms with Crippen molar-refractivity contribution in [1.29, 1.82) is 0 Å². The van der Waals surface area contributed by atoms with E-state index >= 15 is 0 Å². The number of aliphatic imine (C=N–C) groups is 1. The highest BCUT2D eigenvalue weighted by molar-refractivity contribution is 5.82. The maximum absolute atomic E-state index is 11.2. The lowest BCUT2D eigenvalue weighted by Gasteiger charge is -2.06. The van der Waals surface area contributed by atoms with E-state index in [0.717, 1.165) is 28.9 Å². The highest BCUT2D eigenvalue weighted by atomic mass is 16.6. The van der Waals surface area contributed by atoms with Gasteiger partial charge in [-0.15, -0.1) is 0 Å². The van der Waals surface area contributed by atoms with Crippen molar-refractivity contribution in [3.05, 3.63) is 97.6 Å².